The predicted octanol–water partition coefficient (Wildman–Crippen LogP) is 1.69. The van der Waals surface area contributed by atoms with Gasteiger partial charge in [0.25, 0.3) is 5.91 Å². The van der Waals surface area contributed by atoms with Crippen LogP contribution in [0.3, 0.4) is 0 Å². The van der Waals surface area contributed by atoms with Gasteiger partial charge >= 0.3 is 0 Å². The molecule has 0 atom stereocenters. The number of carbonyl (C=O) groups is 1. The van der Waals surface area contributed by atoms with Crippen LogP contribution in [0.5, 0.6) is 11.5 Å². The topological polar surface area (TPSA) is 78.7 Å². The molecule has 0 N–H and O–H groups in total. The molecule has 1 amide bonds. The highest BCUT2D eigenvalue weighted by Gasteiger charge is 2.22. The SMILES string of the molecule is COc1cc(C#N)ccc1OCC(=O)N1CCN(c2ccncc2)CC1. The molecule has 26 heavy (non-hydrogen) atoms. The molecule has 2 heterocycles. The molecule has 0 radical (unpaired) electrons. The summed E-state index contributed by atoms with van der Waals surface area (Å²) in [7, 11) is 1.50. The molecule has 0 aliphatic carbocycles. The number of pyridine rings is 1. The third-order valence-corrected chi connectivity index (χ3v) is 4.30. The van der Waals surface area contributed by atoms with Crippen molar-refractivity contribution in [1.29, 1.82) is 5.26 Å². The van der Waals surface area contributed by atoms with E-state index >= 15 is 0 Å². The van der Waals surface area contributed by atoms with E-state index in [-0.39, 0.29) is 12.5 Å². The summed E-state index contributed by atoms with van der Waals surface area (Å²) in [6.07, 6.45) is 3.54. The molecule has 7 heteroatoms. The zero-order valence-corrected chi connectivity index (χ0v) is 14.6. The van der Waals surface area contributed by atoms with Gasteiger partial charge in [-0.2, -0.15) is 5.26 Å². The Balaban J connectivity index is 1.53. The Kier molecular flexibility index (Phi) is 5.54. The lowest BCUT2D eigenvalue weighted by Crippen LogP contribution is -2.50. The molecule has 0 spiro atoms. The third-order valence-electron chi connectivity index (χ3n) is 4.30. The van der Waals surface area contributed by atoms with Crippen molar-refractivity contribution < 1.29 is 14.3 Å². The first kappa shape index (κ1) is 17.5. The van der Waals surface area contributed by atoms with E-state index in [9.17, 15) is 4.79 Å². The smallest absolute Gasteiger partial charge is 0.260 e. The third kappa shape index (κ3) is 4.03. The van der Waals surface area contributed by atoms with E-state index in [0.29, 0.717) is 30.2 Å². The average molecular weight is 352 g/mol. The first-order valence-electron chi connectivity index (χ1n) is 8.35. The van der Waals surface area contributed by atoms with Gasteiger partial charge in [-0.3, -0.25) is 9.78 Å². The molecule has 1 aliphatic rings. The monoisotopic (exact) mass is 352 g/mol. The number of anilines is 1. The number of carbonyl (C=O) groups excluding carboxylic acids is 1. The van der Waals surface area contributed by atoms with E-state index in [1.54, 1.807) is 35.5 Å². The van der Waals surface area contributed by atoms with Crippen LogP contribution >= 0.6 is 0 Å². The van der Waals surface area contributed by atoms with Gasteiger partial charge in [-0.1, -0.05) is 0 Å². The Labute approximate surface area is 152 Å². The van der Waals surface area contributed by atoms with Crippen molar-refractivity contribution in [3.8, 4) is 17.6 Å². The van der Waals surface area contributed by atoms with Crippen LogP contribution in [0.2, 0.25) is 0 Å². The lowest BCUT2D eigenvalue weighted by Gasteiger charge is -2.36. The summed E-state index contributed by atoms with van der Waals surface area (Å²) in [5.41, 5.74) is 1.60. The van der Waals surface area contributed by atoms with E-state index in [4.69, 9.17) is 14.7 Å². The molecule has 1 aromatic carbocycles. The van der Waals surface area contributed by atoms with Gasteiger partial charge in [-0.25, -0.2) is 0 Å². The second-order valence-electron chi connectivity index (χ2n) is 5.84. The van der Waals surface area contributed by atoms with Crippen molar-refractivity contribution in [1.82, 2.24) is 9.88 Å². The summed E-state index contributed by atoms with van der Waals surface area (Å²) in [4.78, 5) is 20.5. The number of aromatic nitrogens is 1. The highest BCUT2D eigenvalue weighted by molar-refractivity contribution is 5.78. The Morgan fingerprint density at radius 2 is 1.88 bits per heavy atom. The largest absolute Gasteiger partial charge is 0.493 e. The van der Waals surface area contributed by atoms with Crippen molar-refractivity contribution in [3.05, 3.63) is 48.3 Å². The van der Waals surface area contributed by atoms with Gasteiger partial charge in [-0.05, 0) is 24.3 Å². The summed E-state index contributed by atoms with van der Waals surface area (Å²) in [6.45, 7) is 2.79. The molecule has 0 unspecified atom stereocenters. The van der Waals surface area contributed by atoms with Crippen molar-refractivity contribution in [2.45, 2.75) is 0 Å². The van der Waals surface area contributed by atoms with Gasteiger partial charge in [0, 0.05) is 50.3 Å². The van der Waals surface area contributed by atoms with E-state index in [1.165, 1.54) is 7.11 Å². The summed E-state index contributed by atoms with van der Waals surface area (Å²) in [6, 6.07) is 10.9. The summed E-state index contributed by atoms with van der Waals surface area (Å²) >= 11 is 0. The van der Waals surface area contributed by atoms with Crippen LogP contribution in [0.25, 0.3) is 0 Å². The van der Waals surface area contributed by atoms with Crippen LogP contribution in [-0.4, -0.2) is 55.7 Å². The van der Waals surface area contributed by atoms with Crippen LogP contribution in [0.4, 0.5) is 5.69 Å². The first-order chi connectivity index (χ1) is 12.7. The van der Waals surface area contributed by atoms with Crippen LogP contribution in [0.15, 0.2) is 42.7 Å². The minimum Gasteiger partial charge on any atom is -0.493 e. The molecule has 2 aromatic rings. The highest BCUT2D eigenvalue weighted by Crippen LogP contribution is 2.27. The summed E-state index contributed by atoms with van der Waals surface area (Å²) in [5.74, 6) is 0.834. The molecule has 0 saturated carbocycles. The van der Waals surface area contributed by atoms with Crippen molar-refractivity contribution in [2.75, 3.05) is 44.8 Å². The number of piperazine rings is 1. The lowest BCUT2D eigenvalue weighted by atomic mass is 10.2. The van der Waals surface area contributed by atoms with Crippen molar-refractivity contribution in [2.24, 2.45) is 0 Å². The minimum atomic E-state index is -0.0641. The molecular weight excluding hydrogens is 332 g/mol. The van der Waals surface area contributed by atoms with E-state index in [2.05, 4.69) is 9.88 Å². The van der Waals surface area contributed by atoms with Gasteiger partial charge in [0.15, 0.2) is 18.1 Å². The quantitative estimate of drug-likeness (QED) is 0.815. The average Bonchev–Trinajstić information content (AvgIpc) is 2.72. The van der Waals surface area contributed by atoms with Gasteiger partial charge in [0.1, 0.15) is 0 Å². The summed E-state index contributed by atoms with van der Waals surface area (Å²) < 4.78 is 10.8. The number of hydrogen-bond donors (Lipinski definition) is 0. The number of ether oxygens (including phenoxy) is 2. The normalized spacial score (nSPS) is 13.8. The van der Waals surface area contributed by atoms with Crippen molar-refractivity contribution in [3.63, 3.8) is 0 Å². The Hall–Kier alpha value is -3.27. The molecule has 1 fully saturated rings. The number of hydrogen-bond acceptors (Lipinski definition) is 6. The standard InChI is InChI=1S/C19H20N4O3/c1-25-18-12-15(13-20)2-3-17(18)26-14-19(24)23-10-8-22(9-11-23)16-4-6-21-7-5-16/h2-7,12H,8-11,14H2,1H3. The molecular formula is C19H20N4O3. The number of amides is 1. The van der Waals surface area contributed by atoms with E-state index in [0.717, 1.165) is 18.8 Å². The number of benzene rings is 1. The van der Waals surface area contributed by atoms with Gasteiger partial charge in [-0.15, -0.1) is 0 Å². The van der Waals surface area contributed by atoms with E-state index < -0.39 is 0 Å². The maximum atomic E-state index is 12.4. The maximum Gasteiger partial charge on any atom is 0.260 e. The maximum absolute atomic E-state index is 12.4. The molecule has 1 saturated heterocycles. The zero-order chi connectivity index (χ0) is 18.4. The van der Waals surface area contributed by atoms with Gasteiger partial charge in [0.2, 0.25) is 0 Å². The Morgan fingerprint density at radius 3 is 2.54 bits per heavy atom. The van der Waals surface area contributed by atoms with Crippen LogP contribution in [0, 0.1) is 11.3 Å². The number of nitriles is 1. The van der Waals surface area contributed by atoms with Crippen LogP contribution in [-0.2, 0) is 4.79 Å². The van der Waals surface area contributed by atoms with Gasteiger partial charge < -0.3 is 19.3 Å². The van der Waals surface area contributed by atoms with Crippen LogP contribution < -0.4 is 14.4 Å². The fraction of sp³-hybridized carbons (Fsp3) is 0.316. The molecule has 0 bridgehead atoms. The second-order valence-corrected chi connectivity index (χ2v) is 5.84. The fourth-order valence-corrected chi connectivity index (χ4v) is 2.86. The number of nitrogens with zero attached hydrogens (tertiary/aromatic N) is 4. The summed E-state index contributed by atoms with van der Waals surface area (Å²) in [5, 5.41) is 8.93. The highest BCUT2D eigenvalue weighted by atomic mass is 16.5. The number of methoxy groups -OCH3 is 1. The van der Waals surface area contributed by atoms with Crippen LogP contribution in [0.1, 0.15) is 5.56 Å². The van der Waals surface area contributed by atoms with Gasteiger partial charge in [0.05, 0.1) is 18.7 Å². The Bertz CT molecular complexity index is 796. The van der Waals surface area contributed by atoms with E-state index in [1.807, 2.05) is 18.2 Å². The molecule has 1 aromatic heterocycles. The molecule has 7 nitrogen and oxygen atoms in total. The molecule has 134 valence electrons. The minimum absolute atomic E-state index is 0.0580. The first-order valence-corrected chi connectivity index (χ1v) is 8.35. The zero-order valence-electron chi connectivity index (χ0n) is 14.6. The lowest BCUT2D eigenvalue weighted by molar-refractivity contribution is -0.133. The van der Waals surface area contributed by atoms with Crippen molar-refractivity contribution >= 4 is 11.6 Å². The second kappa shape index (κ2) is 8.21. The number of rotatable bonds is 5. The molecule has 1 aliphatic heterocycles. The Morgan fingerprint density at radius 1 is 1.15 bits per heavy atom. The molecule has 3 rings (SSSR count). The fourth-order valence-electron chi connectivity index (χ4n) is 2.86. The predicted molar refractivity (Wildman–Crippen MR) is 96.2 cm³/mol.